The molecule has 1 N–H and O–H groups in total. The van der Waals surface area contributed by atoms with Gasteiger partial charge in [0.1, 0.15) is 16.0 Å². The van der Waals surface area contributed by atoms with Crippen molar-refractivity contribution in [1.29, 1.82) is 0 Å². The third-order valence-electron chi connectivity index (χ3n) is 4.01. The molecule has 2 aromatic carbocycles. The van der Waals surface area contributed by atoms with E-state index in [9.17, 15) is 4.79 Å². The van der Waals surface area contributed by atoms with Gasteiger partial charge < -0.3 is 24.3 Å². The second-order valence-corrected chi connectivity index (χ2v) is 6.64. The van der Waals surface area contributed by atoms with Crippen LogP contribution in [0, 0.1) is 0 Å². The topological polar surface area (TPSA) is 66.0 Å². The molecule has 0 heterocycles. The molecule has 2 rings (SSSR count). The van der Waals surface area contributed by atoms with Crippen molar-refractivity contribution in [3.8, 4) is 23.0 Å². The zero-order chi connectivity index (χ0) is 20.5. The number of hydrogen-bond donors (Lipinski definition) is 1. The van der Waals surface area contributed by atoms with Crippen molar-refractivity contribution in [2.75, 3.05) is 34.0 Å². The molecule has 0 bridgehead atoms. The first-order chi connectivity index (χ1) is 13.5. The molecule has 0 aromatic heterocycles. The van der Waals surface area contributed by atoms with Crippen molar-refractivity contribution in [2.24, 2.45) is 0 Å². The average Bonchev–Trinajstić information content (AvgIpc) is 2.70. The Morgan fingerprint density at radius 3 is 2.11 bits per heavy atom. The lowest BCUT2D eigenvalue weighted by Crippen LogP contribution is -2.25. The fourth-order valence-corrected chi connectivity index (χ4v) is 3.23. The average molecular weight is 452 g/mol. The van der Waals surface area contributed by atoms with Gasteiger partial charge in [0.25, 0.3) is 5.91 Å². The van der Waals surface area contributed by atoms with Crippen LogP contribution in [-0.2, 0) is 6.42 Å². The van der Waals surface area contributed by atoms with Crippen LogP contribution in [-0.4, -0.2) is 39.9 Å². The summed E-state index contributed by atoms with van der Waals surface area (Å²) in [5.74, 6) is 2.33. The Balaban J connectivity index is 2.03. The predicted octanol–water partition coefficient (Wildman–Crippen LogP) is 4.24. The number of amides is 1. The molecule has 7 heteroatoms. The number of benzene rings is 2. The Morgan fingerprint density at radius 1 is 0.929 bits per heavy atom. The molecule has 0 saturated heterocycles. The van der Waals surface area contributed by atoms with Crippen molar-refractivity contribution in [3.05, 3.63) is 45.9 Å². The van der Waals surface area contributed by atoms with Crippen molar-refractivity contribution >= 4 is 21.8 Å². The first-order valence-corrected chi connectivity index (χ1v) is 9.91. The van der Waals surface area contributed by atoms with Gasteiger partial charge in [-0.1, -0.05) is 6.07 Å². The lowest BCUT2D eigenvalue weighted by Gasteiger charge is -2.13. The molecule has 0 atom stereocenters. The summed E-state index contributed by atoms with van der Waals surface area (Å²) in [5, 5.41) is 2.92. The maximum atomic E-state index is 12.5. The molecular formula is C21H26BrNO5. The van der Waals surface area contributed by atoms with E-state index in [0.717, 1.165) is 17.1 Å². The summed E-state index contributed by atoms with van der Waals surface area (Å²) in [5.41, 5.74) is 1.52. The summed E-state index contributed by atoms with van der Waals surface area (Å²) in [6.45, 7) is 5.50. The van der Waals surface area contributed by atoms with Gasteiger partial charge in [0.15, 0.2) is 11.5 Å². The number of carbonyl (C=O) groups is 1. The van der Waals surface area contributed by atoms with Gasteiger partial charge >= 0.3 is 0 Å². The van der Waals surface area contributed by atoms with Gasteiger partial charge in [-0.2, -0.15) is 0 Å². The van der Waals surface area contributed by atoms with E-state index in [1.165, 1.54) is 0 Å². The first kappa shape index (κ1) is 21.9. The third-order valence-corrected chi connectivity index (χ3v) is 4.80. The highest BCUT2D eigenvalue weighted by atomic mass is 79.9. The van der Waals surface area contributed by atoms with Crippen LogP contribution in [0.25, 0.3) is 0 Å². The lowest BCUT2D eigenvalue weighted by atomic mass is 10.1. The van der Waals surface area contributed by atoms with E-state index < -0.39 is 0 Å². The maximum absolute atomic E-state index is 12.5. The smallest absolute Gasteiger partial charge is 0.251 e. The fraction of sp³-hybridized carbons (Fsp3) is 0.381. The second kappa shape index (κ2) is 10.8. The molecule has 0 aliphatic heterocycles. The maximum Gasteiger partial charge on any atom is 0.251 e. The molecule has 0 saturated carbocycles. The Bertz CT molecular complexity index is 784. The molecule has 0 fully saturated rings. The summed E-state index contributed by atoms with van der Waals surface area (Å²) in [4.78, 5) is 12.5. The van der Waals surface area contributed by atoms with Gasteiger partial charge in [-0.25, -0.2) is 0 Å². The van der Waals surface area contributed by atoms with Crippen LogP contribution in [0.5, 0.6) is 23.0 Å². The number of rotatable bonds is 10. The molecular weight excluding hydrogens is 426 g/mol. The van der Waals surface area contributed by atoms with Crippen LogP contribution in [0.2, 0.25) is 0 Å². The fourth-order valence-electron chi connectivity index (χ4n) is 2.67. The molecule has 6 nitrogen and oxygen atoms in total. The van der Waals surface area contributed by atoms with Gasteiger partial charge in [0.2, 0.25) is 0 Å². The van der Waals surface area contributed by atoms with Gasteiger partial charge in [-0.05, 0) is 66.0 Å². The standard InChI is InChI=1S/C21H26BrNO5/c1-5-27-16-8-7-14(11-17(16)28-6-2)9-10-23-21(24)15-12-18(25-3)20(22)19(13-15)26-4/h7-8,11-13H,5-6,9-10H2,1-4H3,(H,23,24). The van der Waals surface area contributed by atoms with Crippen LogP contribution < -0.4 is 24.3 Å². The summed E-state index contributed by atoms with van der Waals surface area (Å²) >= 11 is 3.40. The van der Waals surface area contributed by atoms with Crippen molar-refractivity contribution in [2.45, 2.75) is 20.3 Å². The Hall–Kier alpha value is -2.41. The summed E-state index contributed by atoms with van der Waals surface area (Å²) < 4.78 is 22.5. The Kier molecular flexibility index (Phi) is 8.44. The van der Waals surface area contributed by atoms with E-state index >= 15 is 0 Å². The normalized spacial score (nSPS) is 10.3. The van der Waals surface area contributed by atoms with E-state index in [-0.39, 0.29) is 5.91 Å². The highest BCUT2D eigenvalue weighted by Gasteiger charge is 2.14. The number of carbonyl (C=O) groups excluding carboxylic acids is 1. The highest BCUT2D eigenvalue weighted by molar-refractivity contribution is 9.10. The predicted molar refractivity (Wildman–Crippen MR) is 112 cm³/mol. The molecule has 0 unspecified atom stereocenters. The minimum atomic E-state index is -0.194. The number of hydrogen-bond acceptors (Lipinski definition) is 5. The number of nitrogens with one attached hydrogen (secondary N) is 1. The van der Waals surface area contributed by atoms with E-state index in [1.807, 2.05) is 32.0 Å². The SMILES string of the molecule is CCOc1ccc(CCNC(=O)c2cc(OC)c(Br)c(OC)c2)cc1OCC. The minimum Gasteiger partial charge on any atom is -0.495 e. The molecule has 0 spiro atoms. The van der Waals surface area contributed by atoms with Gasteiger partial charge in [-0.3, -0.25) is 4.79 Å². The van der Waals surface area contributed by atoms with Crippen molar-refractivity contribution in [1.82, 2.24) is 5.32 Å². The molecule has 1 amide bonds. The summed E-state index contributed by atoms with van der Waals surface area (Å²) in [6.07, 6.45) is 0.670. The summed E-state index contributed by atoms with van der Waals surface area (Å²) in [7, 11) is 3.09. The van der Waals surface area contributed by atoms with Crippen LogP contribution in [0.3, 0.4) is 0 Å². The molecule has 0 aliphatic carbocycles. The molecule has 0 radical (unpaired) electrons. The zero-order valence-corrected chi connectivity index (χ0v) is 18.2. The Morgan fingerprint density at radius 2 is 1.54 bits per heavy atom. The van der Waals surface area contributed by atoms with E-state index in [1.54, 1.807) is 26.4 Å². The van der Waals surface area contributed by atoms with Gasteiger partial charge in [0.05, 0.1) is 27.4 Å². The zero-order valence-electron chi connectivity index (χ0n) is 16.6. The minimum absolute atomic E-state index is 0.194. The Labute approximate surface area is 174 Å². The lowest BCUT2D eigenvalue weighted by molar-refractivity contribution is 0.0953. The number of halogens is 1. The molecule has 28 heavy (non-hydrogen) atoms. The van der Waals surface area contributed by atoms with Crippen LogP contribution in [0.1, 0.15) is 29.8 Å². The molecule has 2 aromatic rings. The number of methoxy groups -OCH3 is 2. The summed E-state index contributed by atoms with van der Waals surface area (Å²) in [6, 6.07) is 9.17. The van der Waals surface area contributed by atoms with Crippen LogP contribution in [0.15, 0.2) is 34.8 Å². The second-order valence-electron chi connectivity index (χ2n) is 5.85. The molecule has 152 valence electrons. The third kappa shape index (κ3) is 5.55. The quantitative estimate of drug-likeness (QED) is 0.585. The number of ether oxygens (including phenoxy) is 4. The van der Waals surface area contributed by atoms with E-state index in [2.05, 4.69) is 21.2 Å². The molecule has 0 aliphatic rings. The first-order valence-electron chi connectivity index (χ1n) is 9.12. The van der Waals surface area contributed by atoms with Crippen molar-refractivity contribution in [3.63, 3.8) is 0 Å². The van der Waals surface area contributed by atoms with Crippen LogP contribution in [0.4, 0.5) is 0 Å². The van der Waals surface area contributed by atoms with Crippen molar-refractivity contribution < 1.29 is 23.7 Å². The van der Waals surface area contributed by atoms with Gasteiger partial charge in [0, 0.05) is 12.1 Å². The van der Waals surface area contributed by atoms with Gasteiger partial charge in [-0.15, -0.1) is 0 Å². The largest absolute Gasteiger partial charge is 0.495 e. The van der Waals surface area contributed by atoms with E-state index in [4.69, 9.17) is 18.9 Å². The van der Waals surface area contributed by atoms with Crippen LogP contribution >= 0.6 is 15.9 Å². The highest BCUT2D eigenvalue weighted by Crippen LogP contribution is 2.35. The van der Waals surface area contributed by atoms with E-state index in [0.29, 0.717) is 47.7 Å². The monoisotopic (exact) mass is 451 g/mol.